The second kappa shape index (κ2) is 8.20. The molecule has 2 aromatic carbocycles. The number of hydrogen-bond acceptors (Lipinski definition) is 5. The number of nitrogens with one attached hydrogen (secondary N) is 1. The number of nitrogens with zero attached hydrogens (tertiary/aromatic N) is 1. The highest BCUT2D eigenvalue weighted by atomic mass is 32.2. The van der Waals surface area contributed by atoms with Crippen molar-refractivity contribution in [1.29, 1.82) is 0 Å². The van der Waals surface area contributed by atoms with E-state index in [1.165, 1.54) is 44.4 Å². The van der Waals surface area contributed by atoms with Gasteiger partial charge in [0, 0.05) is 26.2 Å². The van der Waals surface area contributed by atoms with Gasteiger partial charge in [-0.05, 0) is 35.9 Å². The zero-order valence-corrected chi connectivity index (χ0v) is 17.0. The topological polar surface area (TPSA) is 101 Å². The van der Waals surface area contributed by atoms with Crippen LogP contribution in [0.5, 0.6) is 0 Å². The summed E-state index contributed by atoms with van der Waals surface area (Å²) < 4.78 is 49.5. The predicted octanol–water partition coefficient (Wildman–Crippen LogP) is 1.66. The number of carbonyl (C=O) groups excluding carboxylic acids is 1. The Balaban J connectivity index is 2.18. The van der Waals surface area contributed by atoms with Crippen LogP contribution in [0.4, 0.5) is 0 Å². The summed E-state index contributed by atoms with van der Waals surface area (Å²) in [5, 5.41) is 2.67. The van der Waals surface area contributed by atoms with E-state index in [1.807, 2.05) is 0 Å². The Labute approximate surface area is 160 Å². The van der Waals surface area contributed by atoms with Crippen LogP contribution in [0.1, 0.15) is 22.8 Å². The summed E-state index contributed by atoms with van der Waals surface area (Å²) in [7, 11) is -4.08. The number of amides is 1. The van der Waals surface area contributed by atoms with Gasteiger partial charge in [-0.2, -0.15) is 0 Å². The third kappa shape index (κ3) is 4.74. The van der Waals surface area contributed by atoms with Gasteiger partial charge in [-0.3, -0.25) is 4.79 Å². The lowest BCUT2D eigenvalue weighted by atomic mass is 10.2. The lowest BCUT2D eigenvalue weighted by molar-refractivity contribution is 0.0950. The highest BCUT2D eigenvalue weighted by Gasteiger charge is 2.21. The van der Waals surface area contributed by atoms with Crippen molar-refractivity contribution in [2.75, 3.05) is 19.8 Å². The SMILES string of the molecule is CCS(=O)(=O)c1ccc(C(=O)NCc2ccccc2S(=O)(=O)N(C)C)cc1. The van der Waals surface area contributed by atoms with Crippen molar-refractivity contribution in [1.82, 2.24) is 9.62 Å². The van der Waals surface area contributed by atoms with Gasteiger partial charge < -0.3 is 5.32 Å². The summed E-state index contributed by atoms with van der Waals surface area (Å²) in [5.74, 6) is -0.442. The predicted molar refractivity (Wildman–Crippen MR) is 103 cm³/mol. The van der Waals surface area contributed by atoms with Gasteiger partial charge in [0.25, 0.3) is 5.91 Å². The van der Waals surface area contributed by atoms with Crippen molar-refractivity contribution < 1.29 is 21.6 Å². The molecule has 146 valence electrons. The third-order valence-corrected chi connectivity index (χ3v) is 7.69. The lowest BCUT2D eigenvalue weighted by Gasteiger charge is -2.15. The number of benzene rings is 2. The molecule has 0 heterocycles. The van der Waals surface area contributed by atoms with Crippen LogP contribution in [0.15, 0.2) is 58.3 Å². The van der Waals surface area contributed by atoms with Gasteiger partial charge >= 0.3 is 0 Å². The maximum absolute atomic E-state index is 12.4. The standard InChI is InChI=1S/C18H22N2O5S2/c1-4-26(22,23)16-11-9-14(10-12-16)18(21)19-13-15-7-5-6-8-17(15)27(24,25)20(2)3/h5-12H,4,13H2,1-3H3,(H,19,21). The average molecular weight is 411 g/mol. The Morgan fingerprint density at radius 2 is 1.56 bits per heavy atom. The Morgan fingerprint density at radius 3 is 2.11 bits per heavy atom. The maximum Gasteiger partial charge on any atom is 0.251 e. The first-order valence-electron chi connectivity index (χ1n) is 8.21. The van der Waals surface area contributed by atoms with Crippen LogP contribution in [0.25, 0.3) is 0 Å². The van der Waals surface area contributed by atoms with E-state index in [0.29, 0.717) is 5.56 Å². The largest absolute Gasteiger partial charge is 0.348 e. The molecular weight excluding hydrogens is 388 g/mol. The van der Waals surface area contributed by atoms with Gasteiger partial charge in [-0.1, -0.05) is 25.1 Å². The molecule has 0 atom stereocenters. The molecular formula is C18H22N2O5S2. The van der Waals surface area contributed by atoms with Gasteiger partial charge in [0.15, 0.2) is 9.84 Å². The summed E-state index contributed by atoms with van der Waals surface area (Å²) in [6.45, 7) is 1.58. The van der Waals surface area contributed by atoms with Crippen LogP contribution in [0, 0.1) is 0 Å². The van der Waals surface area contributed by atoms with E-state index in [0.717, 1.165) is 4.31 Å². The van der Waals surface area contributed by atoms with Crippen LogP contribution >= 0.6 is 0 Å². The highest BCUT2D eigenvalue weighted by molar-refractivity contribution is 7.91. The zero-order valence-electron chi connectivity index (χ0n) is 15.3. The van der Waals surface area contributed by atoms with Crippen molar-refractivity contribution in [2.24, 2.45) is 0 Å². The minimum atomic E-state index is -3.63. The molecule has 0 aliphatic rings. The first kappa shape index (κ1) is 21.1. The fraction of sp³-hybridized carbons (Fsp3) is 0.278. The first-order chi connectivity index (χ1) is 12.6. The van der Waals surface area contributed by atoms with E-state index in [1.54, 1.807) is 25.1 Å². The second-order valence-electron chi connectivity index (χ2n) is 6.01. The zero-order chi connectivity index (χ0) is 20.2. The Morgan fingerprint density at radius 1 is 0.963 bits per heavy atom. The normalized spacial score (nSPS) is 12.1. The molecule has 0 saturated heterocycles. The van der Waals surface area contributed by atoms with Gasteiger partial charge in [0.2, 0.25) is 10.0 Å². The summed E-state index contributed by atoms with van der Waals surface area (Å²) >= 11 is 0. The van der Waals surface area contributed by atoms with Gasteiger partial charge in [0.05, 0.1) is 15.5 Å². The number of rotatable bonds is 7. The molecule has 1 N–H and O–H groups in total. The molecule has 0 unspecified atom stereocenters. The Kier molecular flexibility index (Phi) is 6.40. The third-order valence-electron chi connectivity index (χ3n) is 4.03. The van der Waals surface area contributed by atoms with Gasteiger partial charge in [-0.25, -0.2) is 21.1 Å². The van der Waals surface area contributed by atoms with Crippen molar-refractivity contribution in [3.63, 3.8) is 0 Å². The molecule has 0 aliphatic heterocycles. The number of carbonyl (C=O) groups is 1. The monoisotopic (exact) mass is 410 g/mol. The summed E-state index contributed by atoms with van der Waals surface area (Å²) in [5.41, 5.74) is 0.753. The van der Waals surface area contributed by atoms with Crippen LogP contribution in [0.3, 0.4) is 0 Å². The molecule has 2 rings (SSSR count). The molecule has 7 nitrogen and oxygen atoms in total. The van der Waals surface area contributed by atoms with Crippen LogP contribution in [0.2, 0.25) is 0 Å². The molecule has 9 heteroatoms. The quantitative estimate of drug-likeness (QED) is 0.748. The van der Waals surface area contributed by atoms with E-state index < -0.39 is 25.8 Å². The smallest absolute Gasteiger partial charge is 0.251 e. The Bertz CT molecular complexity index is 1030. The molecule has 2 aromatic rings. The van der Waals surface area contributed by atoms with Gasteiger partial charge in [-0.15, -0.1) is 0 Å². The van der Waals surface area contributed by atoms with Gasteiger partial charge in [0.1, 0.15) is 0 Å². The van der Waals surface area contributed by atoms with E-state index in [-0.39, 0.29) is 27.7 Å². The molecule has 0 saturated carbocycles. The lowest BCUT2D eigenvalue weighted by Crippen LogP contribution is -2.27. The molecule has 0 aromatic heterocycles. The summed E-state index contributed by atoms with van der Waals surface area (Å²) in [4.78, 5) is 12.6. The fourth-order valence-corrected chi connectivity index (χ4v) is 4.36. The van der Waals surface area contributed by atoms with Crippen LogP contribution in [-0.2, 0) is 26.4 Å². The summed E-state index contributed by atoms with van der Waals surface area (Å²) in [6.07, 6.45) is 0. The highest BCUT2D eigenvalue weighted by Crippen LogP contribution is 2.18. The first-order valence-corrected chi connectivity index (χ1v) is 11.3. The molecule has 27 heavy (non-hydrogen) atoms. The molecule has 0 spiro atoms. The van der Waals surface area contributed by atoms with E-state index in [2.05, 4.69) is 5.32 Å². The maximum atomic E-state index is 12.4. The molecule has 0 aliphatic carbocycles. The molecule has 0 fully saturated rings. The minimum absolute atomic E-state index is 0.0182. The average Bonchev–Trinajstić information content (AvgIpc) is 2.66. The van der Waals surface area contributed by atoms with Crippen molar-refractivity contribution in [2.45, 2.75) is 23.3 Å². The Hall–Kier alpha value is -2.23. The molecule has 0 radical (unpaired) electrons. The van der Waals surface area contributed by atoms with Crippen molar-refractivity contribution in [3.8, 4) is 0 Å². The second-order valence-corrected chi connectivity index (χ2v) is 10.4. The van der Waals surface area contributed by atoms with Crippen LogP contribution < -0.4 is 5.32 Å². The minimum Gasteiger partial charge on any atom is -0.348 e. The summed E-state index contributed by atoms with van der Waals surface area (Å²) in [6, 6.07) is 12.1. The van der Waals surface area contributed by atoms with Crippen LogP contribution in [-0.4, -0.2) is 46.9 Å². The number of sulfonamides is 1. The van der Waals surface area contributed by atoms with E-state index in [9.17, 15) is 21.6 Å². The molecule has 0 bridgehead atoms. The number of sulfone groups is 1. The van der Waals surface area contributed by atoms with Crippen molar-refractivity contribution >= 4 is 25.8 Å². The van der Waals surface area contributed by atoms with E-state index >= 15 is 0 Å². The number of hydrogen-bond donors (Lipinski definition) is 1. The fourth-order valence-electron chi connectivity index (χ4n) is 2.36. The van der Waals surface area contributed by atoms with E-state index in [4.69, 9.17) is 0 Å². The van der Waals surface area contributed by atoms with Crippen molar-refractivity contribution in [3.05, 3.63) is 59.7 Å². The molecule has 1 amide bonds.